The molecule has 28 heavy (non-hydrogen) atoms. The number of hydrogen-bond acceptors (Lipinski definition) is 7. The maximum Gasteiger partial charge on any atom is 0.526 e. The number of benzene rings is 1. The third-order valence-corrected chi connectivity index (χ3v) is 6.35. The van der Waals surface area contributed by atoms with Gasteiger partial charge in [0, 0.05) is 31.5 Å². The summed E-state index contributed by atoms with van der Waals surface area (Å²) < 4.78 is 11.5. The van der Waals surface area contributed by atoms with Crippen molar-refractivity contribution < 1.29 is 29.1 Å². The SMILES string of the molecule is NC(=O)[C@@H]1C[C@H](N2CC(Oc3ccc4c(c3C(=O)O)OB(O)[C@@H]3CC43)C2)CN1. The van der Waals surface area contributed by atoms with E-state index in [1.807, 2.05) is 6.07 Å². The molecule has 2 saturated heterocycles. The number of rotatable bonds is 5. The summed E-state index contributed by atoms with van der Waals surface area (Å²) >= 11 is 0. The van der Waals surface area contributed by atoms with Gasteiger partial charge in [-0.05, 0) is 30.4 Å². The Balaban J connectivity index is 1.28. The molecule has 0 aromatic heterocycles. The lowest BCUT2D eigenvalue weighted by atomic mass is 9.77. The molecular weight excluding hydrogens is 365 g/mol. The summed E-state index contributed by atoms with van der Waals surface area (Å²) in [5, 5.41) is 22.8. The van der Waals surface area contributed by atoms with Crippen LogP contribution in [0.25, 0.3) is 0 Å². The molecule has 4 aliphatic rings. The second-order valence-corrected chi connectivity index (χ2v) is 8.12. The number of carboxylic acids is 1. The van der Waals surface area contributed by atoms with Crippen molar-refractivity contribution in [1.29, 1.82) is 0 Å². The van der Waals surface area contributed by atoms with E-state index < -0.39 is 13.1 Å². The van der Waals surface area contributed by atoms with Gasteiger partial charge in [-0.3, -0.25) is 9.69 Å². The van der Waals surface area contributed by atoms with Gasteiger partial charge >= 0.3 is 13.1 Å². The molecule has 1 unspecified atom stereocenters. The molecular formula is C18H22BN3O6. The number of carboxylic acid groups (broad SMARTS) is 1. The fraction of sp³-hybridized carbons (Fsp3) is 0.556. The van der Waals surface area contributed by atoms with Gasteiger partial charge in [0.25, 0.3) is 0 Å². The summed E-state index contributed by atoms with van der Waals surface area (Å²) in [7, 11) is -0.960. The first-order chi connectivity index (χ1) is 13.4. The maximum absolute atomic E-state index is 11.9. The van der Waals surface area contributed by atoms with E-state index in [1.54, 1.807) is 6.07 Å². The van der Waals surface area contributed by atoms with Crippen LogP contribution in [0.1, 0.15) is 34.7 Å². The van der Waals surface area contributed by atoms with Crippen LogP contribution < -0.4 is 20.4 Å². The summed E-state index contributed by atoms with van der Waals surface area (Å²) in [6.07, 6.45) is 1.36. The number of ether oxygens (including phenoxy) is 1. The smallest absolute Gasteiger partial charge is 0.526 e. The summed E-state index contributed by atoms with van der Waals surface area (Å²) in [5.74, 6) is -0.739. The predicted octanol–water partition coefficient (Wildman–Crippen LogP) is -0.606. The highest BCUT2D eigenvalue weighted by Gasteiger charge is 2.54. The van der Waals surface area contributed by atoms with Gasteiger partial charge in [0.2, 0.25) is 5.91 Å². The lowest BCUT2D eigenvalue weighted by Gasteiger charge is -2.42. The summed E-state index contributed by atoms with van der Waals surface area (Å²) in [4.78, 5) is 25.4. The topological polar surface area (TPSA) is 134 Å². The molecule has 3 heterocycles. The minimum atomic E-state index is -1.13. The van der Waals surface area contributed by atoms with E-state index in [1.165, 1.54) is 0 Å². The van der Waals surface area contributed by atoms with Gasteiger partial charge < -0.3 is 30.6 Å². The van der Waals surface area contributed by atoms with Crippen molar-refractivity contribution >= 4 is 19.0 Å². The quantitative estimate of drug-likeness (QED) is 0.492. The van der Waals surface area contributed by atoms with Crippen LogP contribution in [0.5, 0.6) is 11.5 Å². The third-order valence-electron chi connectivity index (χ3n) is 6.35. The average molecular weight is 387 g/mol. The van der Waals surface area contributed by atoms with E-state index in [0.29, 0.717) is 26.1 Å². The Hall–Kier alpha value is -2.30. The molecule has 10 heteroatoms. The van der Waals surface area contributed by atoms with Crippen LogP contribution in [0.4, 0.5) is 0 Å². The highest BCUT2D eigenvalue weighted by atomic mass is 16.5. The number of nitrogens with one attached hydrogen (secondary N) is 1. The van der Waals surface area contributed by atoms with Gasteiger partial charge in [-0.2, -0.15) is 0 Å². The highest BCUT2D eigenvalue weighted by molar-refractivity contribution is 6.48. The minimum absolute atomic E-state index is 0.0170. The van der Waals surface area contributed by atoms with Crippen LogP contribution in [0.2, 0.25) is 5.82 Å². The molecule has 1 saturated carbocycles. The fourth-order valence-electron chi connectivity index (χ4n) is 4.63. The predicted molar refractivity (Wildman–Crippen MR) is 98.5 cm³/mol. The Bertz CT molecular complexity index is 845. The molecule has 0 radical (unpaired) electrons. The molecule has 3 aliphatic heterocycles. The molecule has 5 N–H and O–H groups in total. The van der Waals surface area contributed by atoms with Crippen molar-refractivity contribution in [3.05, 3.63) is 23.3 Å². The molecule has 4 atom stereocenters. The molecule has 0 bridgehead atoms. The zero-order chi connectivity index (χ0) is 19.6. The Morgan fingerprint density at radius 2 is 2.11 bits per heavy atom. The van der Waals surface area contributed by atoms with E-state index >= 15 is 0 Å². The standard InChI is InChI=1S/C18H22BN3O6/c20-17(23)13-3-8(5-21-13)22-6-9(7-22)27-14-2-1-10-11-4-12(11)19(26)28-16(10)15(14)18(24)25/h1-2,8-9,11-13,21,26H,3-7H2,(H2,20,23)(H,24,25)/t8-,11?,12+,13-/m0/s1. The Labute approximate surface area is 161 Å². The molecule has 5 rings (SSSR count). The maximum atomic E-state index is 11.9. The number of carbonyl (C=O) groups excluding carboxylic acids is 1. The van der Waals surface area contributed by atoms with Crippen molar-refractivity contribution in [1.82, 2.24) is 10.2 Å². The number of hydrogen-bond donors (Lipinski definition) is 4. The van der Waals surface area contributed by atoms with E-state index in [9.17, 15) is 19.7 Å². The zero-order valence-corrected chi connectivity index (χ0v) is 15.2. The molecule has 1 amide bonds. The Morgan fingerprint density at radius 1 is 1.32 bits per heavy atom. The molecule has 1 aromatic carbocycles. The summed E-state index contributed by atoms with van der Waals surface area (Å²) in [6, 6.07) is 3.48. The minimum Gasteiger partial charge on any atom is -0.535 e. The number of fused-ring (bicyclic) bond motifs is 3. The molecule has 148 valence electrons. The monoisotopic (exact) mass is 387 g/mol. The largest absolute Gasteiger partial charge is 0.535 e. The van der Waals surface area contributed by atoms with Crippen molar-refractivity contribution in [2.45, 2.75) is 42.8 Å². The number of likely N-dealkylation sites (tertiary alicyclic amines) is 1. The molecule has 3 fully saturated rings. The van der Waals surface area contributed by atoms with Crippen molar-refractivity contribution in [2.75, 3.05) is 19.6 Å². The summed E-state index contributed by atoms with van der Waals surface area (Å²) in [5.41, 5.74) is 6.16. The first-order valence-electron chi connectivity index (χ1n) is 9.60. The molecule has 9 nitrogen and oxygen atoms in total. The number of carbonyl (C=O) groups is 2. The van der Waals surface area contributed by atoms with Gasteiger partial charge in [0.1, 0.15) is 23.2 Å². The number of primary amides is 1. The Kier molecular flexibility index (Phi) is 4.04. The summed E-state index contributed by atoms with van der Waals surface area (Å²) in [6.45, 7) is 2.01. The third kappa shape index (κ3) is 2.83. The van der Waals surface area contributed by atoms with Crippen LogP contribution >= 0.6 is 0 Å². The van der Waals surface area contributed by atoms with Crippen LogP contribution in [0.3, 0.4) is 0 Å². The van der Waals surface area contributed by atoms with Gasteiger partial charge in [0.15, 0.2) is 0 Å². The zero-order valence-electron chi connectivity index (χ0n) is 15.2. The number of nitrogens with zero attached hydrogens (tertiary/aromatic N) is 1. The van der Waals surface area contributed by atoms with Gasteiger partial charge in [-0.15, -0.1) is 0 Å². The van der Waals surface area contributed by atoms with Gasteiger partial charge in [-0.1, -0.05) is 6.07 Å². The van der Waals surface area contributed by atoms with E-state index in [0.717, 1.165) is 12.0 Å². The average Bonchev–Trinajstić information content (AvgIpc) is 3.27. The van der Waals surface area contributed by atoms with Crippen molar-refractivity contribution in [2.24, 2.45) is 5.73 Å². The van der Waals surface area contributed by atoms with Gasteiger partial charge in [0.05, 0.1) is 6.04 Å². The van der Waals surface area contributed by atoms with Crippen molar-refractivity contribution in [3.63, 3.8) is 0 Å². The first-order valence-corrected chi connectivity index (χ1v) is 9.60. The van der Waals surface area contributed by atoms with E-state index in [-0.39, 0.29) is 52.9 Å². The lowest BCUT2D eigenvalue weighted by molar-refractivity contribution is -0.119. The Morgan fingerprint density at radius 3 is 2.79 bits per heavy atom. The number of nitrogens with two attached hydrogens (primary N) is 1. The van der Waals surface area contributed by atoms with Crippen molar-refractivity contribution in [3.8, 4) is 11.5 Å². The fourth-order valence-corrected chi connectivity index (χ4v) is 4.63. The second-order valence-electron chi connectivity index (χ2n) is 8.12. The van der Waals surface area contributed by atoms with Crippen LogP contribution in [0, 0.1) is 0 Å². The van der Waals surface area contributed by atoms with Crippen LogP contribution in [0.15, 0.2) is 12.1 Å². The van der Waals surface area contributed by atoms with Gasteiger partial charge in [-0.25, -0.2) is 4.79 Å². The second kappa shape index (κ2) is 6.36. The highest BCUT2D eigenvalue weighted by Crippen LogP contribution is 2.60. The van der Waals surface area contributed by atoms with Crippen LogP contribution in [-0.2, 0) is 4.79 Å². The first kappa shape index (κ1) is 17.8. The normalized spacial score (nSPS) is 31.4. The van der Waals surface area contributed by atoms with E-state index in [4.69, 9.17) is 15.1 Å². The number of amides is 1. The molecule has 1 aliphatic carbocycles. The lowest BCUT2D eigenvalue weighted by Crippen LogP contribution is -2.58. The molecule has 1 aromatic rings. The van der Waals surface area contributed by atoms with E-state index in [2.05, 4.69) is 10.2 Å². The number of aromatic carboxylic acids is 1. The molecule has 0 spiro atoms. The van der Waals surface area contributed by atoms with Crippen LogP contribution in [-0.4, -0.2) is 71.8 Å².